The van der Waals surface area contributed by atoms with Crippen LogP contribution in [0.5, 0.6) is 0 Å². The molecule has 1 rings (SSSR count). The molecule has 0 unspecified atom stereocenters. The first-order valence-electron chi connectivity index (χ1n) is 5.99. The van der Waals surface area contributed by atoms with Crippen LogP contribution in [0.2, 0.25) is 39.3 Å². The third kappa shape index (κ3) is 1.56. The summed E-state index contributed by atoms with van der Waals surface area (Å²) in [4.78, 5) is 0. The molecular weight excluding hydrogens is 260 g/mol. The van der Waals surface area contributed by atoms with Crippen LogP contribution in [0.3, 0.4) is 0 Å². The van der Waals surface area contributed by atoms with Crippen molar-refractivity contribution in [2.24, 2.45) is 0 Å². The maximum Gasteiger partial charge on any atom is 0.170 e. The molecule has 1 aliphatic rings. The van der Waals surface area contributed by atoms with Gasteiger partial charge < -0.3 is 4.43 Å². The molecule has 0 aliphatic carbocycles. The molecule has 16 heavy (non-hydrogen) atoms. The van der Waals surface area contributed by atoms with Crippen LogP contribution in [0.25, 0.3) is 0 Å². The van der Waals surface area contributed by atoms with E-state index in [1.165, 1.54) is 0 Å². The van der Waals surface area contributed by atoms with E-state index in [0.717, 1.165) is 6.23 Å². The lowest BCUT2D eigenvalue weighted by molar-refractivity contribution is 0.383. The predicted molar refractivity (Wildman–Crippen MR) is 84.5 cm³/mol. The van der Waals surface area contributed by atoms with Crippen molar-refractivity contribution in [3.63, 3.8) is 0 Å². The third-order valence-corrected chi connectivity index (χ3v) is 67.9. The third-order valence-electron chi connectivity index (χ3n) is 5.63. The van der Waals surface area contributed by atoms with E-state index in [4.69, 9.17) is 4.43 Å². The van der Waals surface area contributed by atoms with Gasteiger partial charge in [0.2, 0.25) is 0 Å². The summed E-state index contributed by atoms with van der Waals surface area (Å²) in [5.74, 6) is 0. The van der Waals surface area contributed by atoms with Gasteiger partial charge in [0, 0.05) is 13.3 Å². The second-order valence-electron chi connectivity index (χ2n) is 6.50. The average Bonchev–Trinajstić information content (AvgIpc) is 2.17. The molecule has 0 aromatic carbocycles. The van der Waals surface area contributed by atoms with Crippen molar-refractivity contribution < 1.29 is 4.43 Å². The fourth-order valence-electron chi connectivity index (χ4n) is 2.71. The zero-order valence-electron chi connectivity index (χ0n) is 11.7. The highest BCUT2D eigenvalue weighted by Crippen LogP contribution is 2.40. The largest absolute Gasteiger partial charge is 0.423 e. The first kappa shape index (κ1) is 14.4. The Kier molecular flexibility index (Phi) is 3.51. The number of hydrogen-bond acceptors (Lipinski definition) is 1. The molecule has 1 aliphatic heterocycles. The van der Waals surface area contributed by atoms with E-state index in [1.54, 1.807) is 0 Å². The maximum absolute atomic E-state index is 6.37. The van der Waals surface area contributed by atoms with Gasteiger partial charge in [0.05, 0.1) is 7.11 Å². The van der Waals surface area contributed by atoms with Crippen molar-refractivity contribution in [1.29, 1.82) is 0 Å². The van der Waals surface area contributed by atoms with Crippen LogP contribution in [-0.4, -0.2) is 35.9 Å². The molecule has 0 saturated carbocycles. The van der Waals surface area contributed by atoms with Gasteiger partial charge in [-0.1, -0.05) is 37.6 Å². The monoisotopic (exact) mass is 286 g/mol. The van der Waals surface area contributed by atoms with E-state index < -0.39 is 29.6 Å². The van der Waals surface area contributed by atoms with E-state index >= 15 is 0 Å². The topological polar surface area (TPSA) is 9.23 Å². The van der Waals surface area contributed by atoms with Gasteiger partial charge in [0.15, 0.2) is 7.83 Å². The minimum Gasteiger partial charge on any atom is -0.423 e. The lowest BCUT2D eigenvalue weighted by atomic mass is 11.2. The molecule has 0 amide bonds. The molecule has 1 fully saturated rings. The fraction of sp³-hybridized carbons (Fsp3) is 0.636. The van der Waals surface area contributed by atoms with Gasteiger partial charge in [0.25, 0.3) is 0 Å². The van der Waals surface area contributed by atoms with Crippen molar-refractivity contribution in [2.45, 2.75) is 39.3 Å². The molecule has 1 heterocycles. The van der Waals surface area contributed by atoms with Crippen LogP contribution >= 0.6 is 0 Å². The highest BCUT2D eigenvalue weighted by molar-refractivity contribution is 7.84. The Bertz CT molecular complexity index is 312. The molecule has 0 aromatic heterocycles. The van der Waals surface area contributed by atoms with Crippen LogP contribution in [0.1, 0.15) is 0 Å². The van der Waals surface area contributed by atoms with Crippen molar-refractivity contribution >= 4 is 29.6 Å². The Balaban J connectivity index is 3.37. The van der Waals surface area contributed by atoms with Crippen LogP contribution in [-0.2, 0) is 4.43 Å². The van der Waals surface area contributed by atoms with Crippen molar-refractivity contribution in [2.75, 3.05) is 6.23 Å². The molecule has 92 valence electrons. The minimum absolute atomic E-state index is 0.967. The van der Waals surface area contributed by atoms with Gasteiger partial charge >= 0.3 is 0 Å². The molecule has 0 bridgehead atoms. The smallest absolute Gasteiger partial charge is 0.170 e. The van der Waals surface area contributed by atoms with Gasteiger partial charge in [-0.05, 0) is 13.1 Å². The van der Waals surface area contributed by atoms with Crippen molar-refractivity contribution in [3.05, 3.63) is 24.6 Å². The Morgan fingerprint density at radius 1 is 0.875 bits per heavy atom. The Hall–Kier alpha value is 0.308. The van der Waals surface area contributed by atoms with Crippen molar-refractivity contribution in [1.82, 2.24) is 0 Å². The fourth-order valence-corrected chi connectivity index (χ4v) is 66.0. The highest BCUT2D eigenvalue weighted by atomic mass is 29.8. The Morgan fingerprint density at radius 3 is 1.69 bits per heavy atom. The van der Waals surface area contributed by atoms with Crippen LogP contribution in [0.4, 0.5) is 0 Å². The second-order valence-corrected chi connectivity index (χ2v) is 43.9. The molecule has 0 radical (unpaired) electrons. The lowest BCUT2D eigenvalue weighted by Crippen LogP contribution is -2.85. The second kappa shape index (κ2) is 3.91. The first-order chi connectivity index (χ1) is 7.08. The van der Waals surface area contributed by atoms with Gasteiger partial charge in [-0.3, -0.25) is 0 Å². The van der Waals surface area contributed by atoms with Crippen LogP contribution < -0.4 is 0 Å². The maximum atomic E-state index is 6.37. The van der Waals surface area contributed by atoms with Gasteiger partial charge in [-0.25, -0.2) is 0 Å². The summed E-state index contributed by atoms with van der Waals surface area (Å²) in [6.07, 6.45) is 0.967. The summed E-state index contributed by atoms with van der Waals surface area (Å²) >= 11 is 0. The summed E-state index contributed by atoms with van der Waals surface area (Å²) in [6.45, 7) is 23.4. The average molecular weight is 287 g/mol. The SMILES string of the molecule is C=C[Si]1(C=C)CO[Si](C)(C)[Si](C)(C)[Si]1(C)C. The van der Waals surface area contributed by atoms with E-state index in [9.17, 15) is 0 Å². The molecule has 0 N–H and O–H groups in total. The number of rotatable bonds is 2. The molecule has 0 aromatic rings. The molecule has 0 spiro atoms. The zero-order valence-corrected chi connectivity index (χ0v) is 15.7. The summed E-state index contributed by atoms with van der Waals surface area (Å²) in [5.41, 5.74) is 4.51. The van der Waals surface area contributed by atoms with Gasteiger partial charge in [-0.2, -0.15) is 0 Å². The first-order valence-corrected chi connectivity index (χ1v) is 20.3. The number of hydrogen-bond donors (Lipinski definition) is 0. The summed E-state index contributed by atoms with van der Waals surface area (Å²) in [5, 5.41) is 0. The van der Waals surface area contributed by atoms with Crippen LogP contribution in [0.15, 0.2) is 24.6 Å². The molecular formula is C11H26OSi4. The summed E-state index contributed by atoms with van der Waals surface area (Å²) in [7, 11) is -5.48. The highest BCUT2D eigenvalue weighted by Gasteiger charge is 2.65. The minimum atomic E-state index is -1.54. The van der Waals surface area contributed by atoms with Crippen LogP contribution in [0, 0.1) is 0 Å². The molecule has 1 saturated heterocycles. The van der Waals surface area contributed by atoms with Gasteiger partial charge in [-0.15, -0.1) is 13.2 Å². The standard InChI is InChI=1S/C11H26OSi4/c1-9-16(10-2)11-12-13(3,4)14(5,6)15(16,7)8/h9-10H,1-2,11H2,3-8H3. The Morgan fingerprint density at radius 2 is 1.31 bits per heavy atom. The quantitative estimate of drug-likeness (QED) is 0.708. The summed E-state index contributed by atoms with van der Waals surface area (Å²) < 4.78 is 6.37. The van der Waals surface area contributed by atoms with E-state index in [2.05, 4.69) is 63.8 Å². The van der Waals surface area contributed by atoms with Crippen molar-refractivity contribution in [3.8, 4) is 0 Å². The predicted octanol–water partition coefficient (Wildman–Crippen LogP) is 3.31. The normalized spacial score (nSPS) is 29.4. The Labute approximate surface area is 104 Å². The van der Waals surface area contributed by atoms with E-state index in [1.807, 2.05) is 0 Å². The molecule has 5 heteroatoms. The van der Waals surface area contributed by atoms with Gasteiger partial charge in [0.1, 0.15) is 7.59 Å². The lowest BCUT2D eigenvalue weighted by Gasteiger charge is -2.59. The molecule has 0 atom stereocenters. The van der Waals surface area contributed by atoms with E-state index in [-0.39, 0.29) is 0 Å². The summed E-state index contributed by atoms with van der Waals surface area (Å²) in [6, 6.07) is 0. The molecule has 1 nitrogen and oxygen atoms in total. The van der Waals surface area contributed by atoms with E-state index in [0.29, 0.717) is 0 Å². The zero-order chi connectivity index (χ0) is 12.8.